The predicted octanol–water partition coefficient (Wildman–Crippen LogP) is 0.723. The summed E-state index contributed by atoms with van der Waals surface area (Å²) in [6.45, 7) is 2.10. The van der Waals surface area contributed by atoms with Crippen LogP contribution in [0.25, 0.3) is 0 Å². The van der Waals surface area contributed by atoms with Gasteiger partial charge in [-0.25, -0.2) is 0 Å². The molecular weight excluding hydrogens is 136 g/mol. The van der Waals surface area contributed by atoms with Crippen molar-refractivity contribution < 1.29 is 0 Å². The van der Waals surface area contributed by atoms with Crippen molar-refractivity contribution in [2.24, 2.45) is 17.6 Å². The molecule has 0 bridgehead atoms. The Morgan fingerprint density at radius 3 is 2.73 bits per heavy atom. The van der Waals surface area contributed by atoms with Gasteiger partial charge < -0.3 is 11.1 Å². The third-order valence-corrected chi connectivity index (χ3v) is 3.07. The molecule has 1 saturated carbocycles. The van der Waals surface area contributed by atoms with E-state index in [4.69, 9.17) is 5.73 Å². The molecule has 0 aromatic heterocycles. The van der Waals surface area contributed by atoms with E-state index in [0.29, 0.717) is 0 Å². The van der Waals surface area contributed by atoms with E-state index in [0.717, 1.165) is 24.4 Å². The first-order valence-electron chi connectivity index (χ1n) is 4.85. The van der Waals surface area contributed by atoms with Gasteiger partial charge in [0.1, 0.15) is 0 Å². The molecule has 1 aliphatic carbocycles. The van der Waals surface area contributed by atoms with Crippen molar-refractivity contribution in [3.05, 3.63) is 0 Å². The maximum Gasteiger partial charge on any atom is 0.0136 e. The molecule has 2 rings (SSSR count). The Balaban J connectivity index is 1.91. The van der Waals surface area contributed by atoms with Crippen molar-refractivity contribution in [1.82, 2.24) is 5.32 Å². The average Bonchev–Trinajstić information content (AvgIpc) is 2.87. The minimum absolute atomic E-state index is 0.772. The maximum atomic E-state index is 5.72. The van der Waals surface area contributed by atoms with Gasteiger partial charge in [0.05, 0.1) is 0 Å². The van der Waals surface area contributed by atoms with Crippen LogP contribution in [0.4, 0.5) is 0 Å². The Kier molecular flexibility index (Phi) is 2.14. The number of hydrogen-bond donors (Lipinski definition) is 2. The van der Waals surface area contributed by atoms with E-state index in [-0.39, 0.29) is 0 Å². The second-order valence-electron chi connectivity index (χ2n) is 3.96. The minimum atomic E-state index is 0.772. The maximum absolute atomic E-state index is 5.72. The van der Waals surface area contributed by atoms with E-state index < -0.39 is 0 Å². The molecule has 0 radical (unpaired) electrons. The summed E-state index contributed by atoms with van der Waals surface area (Å²) in [5, 5.41) is 3.60. The zero-order valence-electron chi connectivity index (χ0n) is 7.05. The summed E-state index contributed by atoms with van der Waals surface area (Å²) < 4.78 is 0. The number of piperidine rings is 1. The molecule has 0 unspecified atom stereocenters. The van der Waals surface area contributed by atoms with Crippen LogP contribution in [0.1, 0.15) is 25.7 Å². The van der Waals surface area contributed by atoms with Crippen LogP contribution in [0.5, 0.6) is 0 Å². The van der Waals surface area contributed by atoms with E-state index in [1.165, 1.54) is 32.2 Å². The molecule has 2 aliphatic rings. The highest BCUT2D eigenvalue weighted by molar-refractivity contribution is 4.93. The van der Waals surface area contributed by atoms with Gasteiger partial charge in [-0.2, -0.15) is 0 Å². The third-order valence-electron chi connectivity index (χ3n) is 3.07. The number of nitrogens with one attached hydrogen (secondary N) is 1. The normalized spacial score (nSPS) is 39.0. The summed E-state index contributed by atoms with van der Waals surface area (Å²) in [6.07, 6.45) is 5.55. The summed E-state index contributed by atoms with van der Waals surface area (Å²) in [5.41, 5.74) is 5.72. The fourth-order valence-corrected chi connectivity index (χ4v) is 2.25. The molecule has 1 saturated heterocycles. The molecule has 0 aromatic carbocycles. The summed E-state index contributed by atoms with van der Waals surface area (Å²) >= 11 is 0. The molecule has 0 aromatic rings. The van der Waals surface area contributed by atoms with Gasteiger partial charge in [0.15, 0.2) is 0 Å². The van der Waals surface area contributed by atoms with Crippen LogP contribution in [-0.2, 0) is 0 Å². The van der Waals surface area contributed by atoms with Crippen LogP contribution in [0.15, 0.2) is 0 Å². The lowest BCUT2D eigenvalue weighted by molar-refractivity contribution is 0.261. The Morgan fingerprint density at radius 2 is 2.09 bits per heavy atom. The molecule has 2 atom stereocenters. The van der Waals surface area contributed by atoms with Crippen LogP contribution in [0.3, 0.4) is 0 Å². The van der Waals surface area contributed by atoms with Crippen molar-refractivity contribution in [3.63, 3.8) is 0 Å². The first kappa shape index (κ1) is 7.56. The molecule has 2 nitrogen and oxygen atoms in total. The number of hydrogen-bond acceptors (Lipinski definition) is 2. The number of nitrogens with two attached hydrogens (primary N) is 1. The Bertz CT molecular complexity index is 132. The van der Waals surface area contributed by atoms with Gasteiger partial charge in [0, 0.05) is 6.04 Å². The Labute approximate surface area is 68.5 Å². The molecule has 64 valence electrons. The van der Waals surface area contributed by atoms with Crippen molar-refractivity contribution in [1.29, 1.82) is 0 Å². The van der Waals surface area contributed by atoms with Gasteiger partial charge in [-0.05, 0) is 50.6 Å². The monoisotopic (exact) mass is 154 g/mol. The van der Waals surface area contributed by atoms with Crippen LogP contribution < -0.4 is 11.1 Å². The van der Waals surface area contributed by atoms with E-state index in [1.54, 1.807) is 0 Å². The van der Waals surface area contributed by atoms with Crippen LogP contribution >= 0.6 is 0 Å². The largest absolute Gasteiger partial charge is 0.330 e. The second kappa shape index (κ2) is 3.11. The first-order chi connectivity index (χ1) is 5.42. The smallest absolute Gasteiger partial charge is 0.0136 e. The van der Waals surface area contributed by atoms with Crippen molar-refractivity contribution >= 4 is 0 Å². The van der Waals surface area contributed by atoms with Gasteiger partial charge in [-0.15, -0.1) is 0 Å². The highest BCUT2D eigenvalue weighted by atomic mass is 15.0. The SMILES string of the molecule is NC[C@H]1CCCN[C@@H]1C1CC1. The Hall–Kier alpha value is -0.0800. The molecule has 1 heterocycles. The molecule has 2 heteroatoms. The van der Waals surface area contributed by atoms with E-state index >= 15 is 0 Å². The average molecular weight is 154 g/mol. The minimum Gasteiger partial charge on any atom is -0.330 e. The highest BCUT2D eigenvalue weighted by Crippen LogP contribution is 2.37. The fraction of sp³-hybridized carbons (Fsp3) is 1.00. The molecule has 2 fully saturated rings. The highest BCUT2D eigenvalue weighted by Gasteiger charge is 2.36. The molecule has 11 heavy (non-hydrogen) atoms. The second-order valence-corrected chi connectivity index (χ2v) is 3.96. The summed E-state index contributed by atoms with van der Waals surface area (Å²) in [4.78, 5) is 0. The zero-order valence-corrected chi connectivity index (χ0v) is 7.05. The molecular formula is C9H18N2. The van der Waals surface area contributed by atoms with E-state index in [9.17, 15) is 0 Å². The van der Waals surface area contributed by atoms with Crippen molar-refractivity contribution in [2.75, 3.05) is 13.1 Å². The summed E-state index contributed by atoms with van der Waals surface area (Å²) in [7, 11) is 0. The number of rotatable bonds is 2. The predicted molar refractivity (Wildman–Crippen MR) is 46.3 cm³/mol. The van der Waals surface area contributed by atoms with Crippen LogP contribution in [0.2, 0.25) is 0 Å². The van der Waals surface area contributed by atoms with Gasteiger partial charge in [0.25, 0.3) is 0 Å². The van der Waals surface area contributed by atoms with Crippen LogP contribution in [0, 0.1) is 11.8 Å². The van der Waals surface area contributed by atoms with Gasteiger partial charge in [-0.1, -0.05) is 0 Å². The van der Waals surface area contributed by atoms with Gasteiger partial charge in [-0.3, -0.25) is 0 Å². The third kappa shape index (κ3) is 1.57. The molecule has 3 N–H and O–H groups in total. The van der Waals surface area contributed by atoms with Crippen LogP contribution in [-0.4, -0.2) is 19.1 Å². The fourth-order valence-electron chi connectivity index (χ4n) is 2.25. The topological polar surface area (TPSA) is 38.0 Å². The molecule has 1 aliphatic heterocycles. The lowest BCUT2D eigenvalue weighted by Crippen LogP contribution is -2.45. The molecule has 0 amide bonds. The van der Waals surface area contributed by atoms with Crippen molar-refractivity contribution in [3.8, 4) is 0 Å². The lowest BCUT2D eigenvalue weighted by atomic mass is 9.88. The van der Waals surface area contributed by atoms with Gasteiger partial charge in [0.2, 0.25) is 0 Å². The Morgan fingerprint density at radius 1 is 1.27 bits per heavy atom. The quantitative estimate of drug-likeness (QED) is 0.615. The lowest BCUT2D eigenvalue weighted by Gasteiger charge is -2.31. The molecule has 0 spiro atoms. The van der Waals surface area contributed by atoms with E-state index in [1.807, 2.05) is 0 Å². The zero-order chi connectivity index (χ0) is 7.68. The van der Waals surface area contributed by atoms with Gasteiger partial charge >= 0.3 is 0 Å². The van der Waals surface area contributed by atoms with Crippen molar-refractivity contribution in [2.45, 2.75) is 31.7 Å². The summed E-state index contributed by atoms with van der Waals surface area (Å²) in [5.74, 6) is 1.75. The summed E-state index contributed by atoms with van der Waals surface area (Å²) in [6, 6.07) is 0.772. The first-order valence-corrected chi connectivity index (χ1v) is 4.85. The standard InChI is InChI=1S/C9H18N2/c10-6-8-2-1-5-11-9(8)7-3-4-7/h7-9,11H,1-6,10H2/t8-,9-/m1/s1. The van der Waals surface area contributed by atoms with E-state index in [2.05, 4.69) is 5.32 Å².